The maximum absolute atomic E-state index is 11.6. The van der Waals surface area contributed by atoms with Crippen molar-refractivity contribution in [2.45, 2.75) is 13.0 Å². The summed E-state index contributed by atoms with van der Waals surface area (Å²) in [5, 5.41) is 0. The zero-order valence-corrected chi connectivity index (χ0v) is 9.23. The third kappa shape index (κ3) is 2.78. The van der Waals surface area contributed by atoms with Gasteiger partial charge in [0.2, 0.25) is 0 Å². The van der Waals surface area contributed by atoms with Gasteiger partial charge in [-0.05, 0) is 24.6 Å². The van der Waals surface area contributed by atoms with Gasteiger partial charge in [-0.3, -0.25) is 9.63 Å². The van der Waals surface area contributed by atoms with Crippen LogP contribution in [0.4, 0.5) is 0 Å². The van der Waals surface area contributed by atoms with Crippen molar-refractivity contribution in [3.05, 3.63) is 35.4 Å². The molecule has 2 N–H and O–H groups in total. The first-order valence-corrected chi connectivity index (χ1v) is 4.73. The molecule has 0 heterocycles. The van der Waals surface area contributed by atoms with Crippen molar-refractivity contribution in [3.8, 4) is 0 Å². The Balaban J connectivity index is 2.85. The fourth-order valence-corrected chi connectivity index (χ4v) is 1.23. The lowest BCUT2D eigenvalue weighted by Gasteiger charge is -2.12. The van der Waals surface area contributed by atoms with Crippen molar-refractivity contribution in [1.82, 2.24) is 4.90 Å². The first-order chi connectivity index (χ1) is 7.06. The Bertz CT molecular complexity index is 333. The van der Waals surface area contributed by atoms with E-state index in [0.717, 1.165) is 5.56 Å². The van der Waals surface area contributed by atoms with Gasteiger partial charge in [0.1, 0.15) is 6.10 Å². The summed E-state index contributed by atoms with van der Waals surface area (Å²) >= 11 is 0. The molecule has 1 atom stereocenters. The molecule has 0 bridgehead atoms. The van der Waals surface area contributed by atoms with Gasteiger partial charge < -0.3 is 4.90 Å². The molecule has 0 saturated carbocycles. The topological polar surface area (TPSA) is 55.6 Å². The number of rotatable bonds is 3. The quantitative estimate of drug-likeness (QED) is 0.763. The predicted molar refractivity (Wildman–Crippen MR) is 58.1 cm³/mol. The smallest absolute Gasteiger partial charge is 0.253 e. The zero-order chi connectivity index (χ0) is 11.4. The van der Waals surface area contributed by atoms with Gasteiger partial charge in [0.15, 0.2) is 0 Å². The normalized spacial score (nSPS) is 12.3. The van der Waals surface area contributed by atoms with Crippen LogP contribution >= 0.6 is 0 Å². The molecule has 1 aromatic carbocycles. The standard InChI is InChI=1S/C11H16N2O2/c1-8(15-12)9-4-6-10(7-5-9)11(14)13(2)3/h4-8H,12H2,1-3H3. The third-order valence-corrected chi connectivity index (χ3v) is 2.24. The van der Waals surface area contributed by atoms with E-state index < -0.39 is 0 Å². The number of hydrogen-bond acceptors (Lipinski definition) is 3. The maximum atomic E-state index is 11.6. The van der Waals surface area contributed by atoms with E-state index in [1.165, 1.54) is 4.90 Å². The van der Waals surface area contributed by atoms with E-state index in [9.17, 15) is 4.79 Å². The number of hydrogen-bond donors (Lipinski definition) is 1. The molecule has 0 radical (unpaired) electrons. The highest BCUT2D eigenvalue weighted by Gasteiger charge is 2.09. The minimum atomic E-state index is -0.159. The van der Waals surface area contributed by atoms with E-state index in [-0.39, 0.29) is 12.0 Å². The van der Waals surface area contributed by atoms with E-state index in [1.807, 2.05) is 19.1 Å². The Hall–Kier alpha value is -1.39. The Morgan fingerprint density at radius 3 is 2.27 bits per heavy atom. The van der Waals surface area contributed by atoms with Crippen LogP contribution in [0.15, 0.2) is 24.3 Å². The molecule has 0 aliphatic heterocycles. The van der Waals surface area contributed by atoms with Crippen molar-refractivity contribution < 1.29 is 9.63 Å². The summed E-state index contributed by atoms with van der Waals surface area (Å²) < 4.78 is 0. The molecule has 0 aliphatic rings. The Morgan fingerprint density at radius 2 is 1.87 bits per heavy atom. The number of amides is 1. The second-order valence-electron chi connectivity index (χ2n) is 3.60. The van der Waals surface area contributed by atoms with E-state index in [2.05, 4.69) is 4.84 Å². The first-order valence-electron chi connectivity index (χ1n) is 4.73. The summed E-state index contributed by atoms with van der Waals surface area (Å²) in [6.07, 6.45) is -0.159. The van der Waals surface area contributed by atoms with Crippen LogP contribution in [-0.4, -0.2) is 24.9 Å². The van der Waals surface area contributed by atoms with E-state index in [1.54, 1.807) is 26.2 Å². The van der Waals surface area contributed by atoms with Gasteiger partial charge in [-0.2, -0.15) is 0 Å². The molecular formula is C11H16N2O2. The molecule has 82 valence electrons. The molecule has 0 spiro atoms. The van der Waals surface area contributed by atoms with Gasteiger partial charge >= 0.3 is 0 Å². The van der Waals surface area contributed by atoms with Gasteiger partial charge in [-0.15, -0.1) is 0 Å². The highest BCUT2D eigenvalue weighted by atomic mass is 16.6. The highest BCUT2D eigenvalue weighted by molar-refractivity contribution is 5.93. The molecule has 0 saturated heterocycles. The SMILES string of the molecule is CC(ON)c1ccc(C(=O)N(C)C)cc1. The molecule has 0 fully saturated rings. The number of nitrogens with two attached hydrogens (primary N) is 1. The van der Waals surface area contributed by atoms with Gasteiger partial charge in [0, 0.05) is 19.7 Å². The van der Waals surface area contributed by atoms with Crippen LogP contribution < -0.4 is 5.90 Å². The molecule has 1 unspecified atom stereocenters. The predicted octanol–water partition coefficient (Wildman–Crippen LogP) is 1.34. The summed E-state index contributed by atoms with van der Waals surface area (Å²) in [6.45, 7) is 1.85. The maximum Gasteiger partial charge on any atom is 0.253 e. The summed E-state index contributed by atoms with van der Waals surface area (Å²) in [6, 6.07) is 7.23. The Labute approximate surface area is 89.6 Å². The van der Waals surface area contributed by atoms with Crippen molar-refractivity contribution in [3.63, 3.8) is 0 Å². The highest BCUT2D eigenvalue weighted by Crippen LogP contribution is 2.15. The number of carbonyl (C=O) groups excluding carboxylic acids is 1. The van der Waals surface area contributed by atoms with Gasteiger partial charge in [-0.25, -0.2) is 5.90 Å². The average molecular weight is 208 g/mol. The summed E-state index contributed by atoms with van der Waals surface area (Å²) in [7, 11) is 3.45. The molecular weight excluding hydrogens is 192 g/mol. The van der Waals surface area contributed by atoms with Crippen LogP contribution in [0.3, 0.4) is 0 Å². The van der Waals surface area contributed by atoms with Gasteiger partial charge in [0.05, 0.1) is 0 Å². The zero-order valence-electron chi connectivity index (χ0n) is 9.23. The third-order valence-electron chi connectivity index (χ3n) is 2.24. The van der Waals surface area contributed by atoms with E-state index in [4.69, 9.17) is 5.90 Å². The number of benzene rings is 1. The van der Waals surface area contributed by atoms with Crippen LogP contribution in [0.1, 0.15) is 28.9 Å². The molecule has 0 aromatic heterocycles. The molecule has 1 amide bonds. The lowest BCUT2D eigenvalue weighted by atomic mass is 10.1. The van der Waals surface area contributed by atoms with Crippen LogP contribution in [-0.2, 0) is 4.84 Å². The largest absolute Gasteiger partial charge is 0.345 e. The van der Waals surface area contributed by atoms with E-state index >= 15 is 0 Å². The van der Waals surface area contributed by atoms with Crippen molar-refractivity contribution in [1.29, 1.82) is 0 Å². The van der Waals surface area contributed by atoms with Crippen LogP contribution in [0, 0.1) is 0 Å². The van der Waals surface area contributed by atoms with Gasteiger partial charge in [0.25, 0.3) is 5.91 Å². The fraction of sp³-hybridized carbons (Fsp3) is 0.364. The van der Waals surface area contributed by atoms with Crippen molar-refractivity contribution >= 4 is 5.91 Å². The second kappa shape index (κ2) is 4.91. The number of carbonyl (C=O) groups is 1. The minimum absolute atomic E-state index is 0.0112. The molecule has 4 nitrogen and oxygen atoms in total. The second-order valence-corrected chi connectivity index (χ2v) is 3.60. The lowest BCUT2D eigenvalue weighted by molar-refractivity contribution is 0.0663. The molecule has 1 rings (SSSR count). The fourth-order valence-electron chi connectivity index (χ4n) is 1.23. The van der Waals surface area contributed by atoms with E-state index in [0.29, 0.717) is 5.56 Å². The van der Waals surface area contributed by atoms with Crippen LogP contribution in [0.2, 0.25) is 0 Å². The molecule has 4 heteroatoms. The van der Waals surface area contributed by atoms with Crippen molar-refractivity contribution in [2.24, 2.45) is 5.90 Å². The van der Waals surface area contributed by atoms with Crippen LogP contribution in [0.25, 0.3) is 0 Å². The first kappa shape index (κ1) is 11.7. The number of nitrogens with zero attached hydrogens (tertiary/aromatic N) is 1. The monoisotopic (exact) mass is 208 g/mol. The Morgan fingerprint density at radius 1 is 1.33 bits per heavy atom. The molecule has 0 aliphatic carbocycles. The van der Waals surface area contributed by atoms with Gasteiger partial charge in [-0.1, -0.05) is 12.1 Å². The summed E-state index contributed by atoms with van der Waals surface area (Å²) in [5.74, 6) is 5.06. The average Bonchev–Trinajstić information content (AvgIpc) is 2.27. The molecule has 15 heavy (non-hydrogen) atoms. The van der Waals surface area contributed by atoms with Crippen LogP contribution in [0.5, 0.6) is 0 Å². The minimum Gasteiger partial charge on any atom is -0.345 e. The Kier molecular flexibility index (Phi) is 3.82. The van der Waals surface area contributed by atoms with Crippen molar-refractivity contribution in [2.75, 3.05) is 14.1 Å². The summed E-state index contributed by atoms with van der Waals surface area (Å²) in [5.41, 5.74) is 1.61. The molecule has 1 aromatic rings. The lowest BCUT2D eigenvalue weighted by Crippen LogP contribution is -2.21. The summed E-state index contributed by atoms with van der Waals surface area (Å²) in [4.78, 5) is 17.8.